The third-order valence-electron chi connectivity index (χ3n) is 2.62. The summed E-state index contributed by atoms with van der Waals surface area (Å²) in [6, 6.07) is 1.77. The van der Waals surface area contributed by atoms with Crippen molar-refractivity contribution in [2.45, 2.75) is 11.8 Å². The predicted molar refractivity (Wildman–Crippen MR) is 74.3 cm³/mol. The van der Waals surface area contributed by atoms with Crippen LogP contribution in [0.1, 0.15) is 6.92 Å². The van der Waals surface area contributed by atoms with Gasteiger partial charge < -0.3 is 11.1 Å². The maximum atomic E-state index is 13.2. The lowest BCUT2D eigenvalue weighted by Crippen LogP contribution is -2.39. The second-order valence-corrected chi connectivity index (χ2v) is 6.22. The Labute approximate surface area is 121 Å². The second kappa shape index (κ2) is 6.38. The minimum Gasteiger partial charge on any atom is -0.396 e. The molecule has 0 unspecified atom stereocenters. The molecule has 6 nitrogen and oxygen atoms in total. The van der Waals surface area contributed by atoms with Crippen LogP contribution in [0.25, 0.3) is 0 Å². The summed E-state index contributed by atoms with van der Waals surface area (Å²) < 4.78 is 38.9. The molecule has 3 N–H and O–H groups in total. The molecule has 0 saturated carbocycles. The molecule has 0 radical (unpaired) electrons. The molecule has 1 aromatic rings. The van der Waals surface area contributed by atoms with Gasteiger partial charge in [0.2, 0.25) is 15.9 Å². The van der Waals surface area contributed by atoms with E-state index in [9.17, 15) is 17.6 Å². The molecule has 1 aromatic carbocycles. The molecule has 1 rings (SSSR count). The van der Waals surface area contributed by atoms with Crippen molar-refractivity contribution in [1.82, 2.24) is 9.62 Å². The first kappa shape index (κ1) is 16.7. The van der Waals surface area contributed by atoms with Crippen LogP contribution in [0.3, 0.4) is 0 Å². The number of carbonyl (C=O) groups excluding carboxylic acids is 1. The number of likely N-dealkylation sites (N-methyl/N-ethyl adjacent to an activating group) is 2. The average molecular weight is 324 g/mol. The van der Waals surface area contributed by atoms with Gasteiger partial charge in [0.15, 0.2) is 0 Å². The zero-order valence-corrected chi connectivity index (χ0v) is 12.6. The van der Waals surface area contributed by atoms with Crippen molar-refractivity contribution in [3.05, 3.63) is 23.0 Å². The molecule has 0 spiro atoms. The average Bonchev–Trinajstić information content (AvgIpc) is 2.39. The molecule has 1 amide bonds. The first-order valence-electron chi connectivity index (χ1n) is 5.69. The molecule has 0 heterocycles. The topological polar surface area (TPSA) is 92.5 Å². The summed E-state index contributed by atoms with van der Waals surface area (Å²) in [6.07, 6.45) is 0. The molecular weight excluding hydrogens is 309 g/mol. The van der Waals surface area contributed by atoms with Crippen molar-refractivity contribution in [1.29, 1.82) is 0 Å². The number of sulfonamides is 1. The van der Waals surface area contributed by atoms with Gasteiger partial charge in [-0.1, -0.05) is 18.5 Å². The van der Waals surface area contributed by atoms with Crippen LogP contribution in [0.5, 0.6) is 0 Å². The largest absolute Gasteiger partial charge is 0.396 e. The van der Waals surface area contributed by atoms with Gasteiger partial charge in [-0.25, -0.2) is 12.8 Å². The summed E-state index contributed by atoms with van der Waals surface area (Å²) in [5.41, 5.74) is 5.03. The highest BCUT2D eigenvalue weighted by Gasteiger charge is 2.28. The van der Waals surface area contributed by atoms with E-state index in [2.05, 4.69) is 5.32 Å². The van der Waals surface area contributed by atoms with Gasteiger partial charge in [0.1, 0.15) is 10.7 Å². The van der Waals surface area contributed by atoms with E-state index in [1.54, 1.807) is 6.92 Å². The first-order chi connectivity index (χ1) is 9.23. The summed E-state index contributed by atoms with van der Waals surface area (Å²) in [5, 5.41) is 2.04. The number of nitrogens with zero attached hydrogens (tertiary/aromatic N) is 1. The second-order valence-electron chi connectivity index (χ2n) is 3.91. The van der Waals surface area contributed by atoms with Crippen molar-refractivity contribution < 1.29 is 17.6 Å². The van der Waals surface area contributed by atoms with Gasteiger partial charge in [-0.05, 0) is 12.1 Å². The number of nitrogen functional groups attached to an aromatic ring is 1. The van der Waals surface area contributed by atoms with Crippen molar-refractivity contribution >= 4 is 33.2 Å². The molecule has 0 atom stereocenters. The van der Waals surface area contributed by atoms with Crippen molar-refractivity contribution in [3.8, 4) is 0 Å². The van der Waals surface area contributed by atoms with E-state index in [0.29, 0.717) is 0 Å². The van der Waals surface area contributed by atoms with E-state index < -0.39 is 21.7 Å². The van der Waals surface area contributed by atoms with E-state index in [1.165, 1.54) is 7.05 Å². The van der Waals surface area contributed by atoms with Crippen LogP contribution in [0.15, 0.2) is 17.0 Å². The van der Waals surface area contributed by atoms with E-state index in [4.69, 9.17) is 17.3 Å². The Bertz CT molecular complexity index is 622. The number of halogens is 2. The van der Waals surface area contributed by atoms with Crippen LogP contribution in [0.2, 0.25) is 5.02 Å². The molecule has 0 aliphatic carbocycles. The Balaban J connectivity index is 3.27. The molecule has 20 heavy (non-hydrogen) atoms. The van der Waals surface area contributed by atoms with Crippen LogP contribution in [-0.4, -0.2) is 38.8 Å². The Morgan fingerprint density at radius 3 is 2.60 bits per heavy atom. The molecule has 0 saturated heterocycles. The third-order valence-corrected chi connectivity index (χ3v) is 5.01. The van der Waals surface area contributed by atoms with Gasteiger partial charge in [0.25, 0.3) is 0 Å². The standard InChI is InChI=1S/C11H15ClFN3O3S/c1-3-16(6-11(17)15-2)20(18,19)10-5-9(14)8(13)4-7(10)12/h4-5H,3,6,14H2,1-2H3,(H,15,17). The minimum absolute atomic E-state index is 0.0589. The summed E-state index contributed by atoms with van der Waals surface area (Å²) in [4.78, 5) is 11.0. The van der Waals surface area contributed by atoms with Crippen LogP contribution in [-0.2, 0) is 14.8 Å². The molecule has 112 valence electrons. The highest BCUT2D eigenvalue weighted by Crippen LogP contribution is 2.28. The van der Waals surface area contributed by atoms with Gasteiger partial charge >= 0.3 is 0 Å². The lowest BCUT2D eigenvalue weighted by Gasteiger charge is -2.20. The van der Waals surface area contributed by atoms with Crippen LogP contribution in [0.4, 0.5) is 10.1 Å². The quantitative estimate of drug-likeness (QED) is 0.785. The summed E-state index contributed by atoms with van der Waals surface area (Å²) in [7, 11) is -2.64. The molecule has 0 aromatic heterocycles. The fourth-order valence-electron chi connectivity index (χ4n) is 1.49. The number of nitrogens with one attached hydrogen (secondary N) is 1. The van der Waals surface area contributed by atoms with E-state index in [-0.39, 0.29) is 28.7 Å². The number of anilines is 1. The van der Waals surface area contributed by atoms with E-state index >= 15 is 0 Å². The highest BCUT2D eigenvalue weighted by molar-refractivity contribution is 7.89. The minimum atomic E-state index is -4.03. The zero-order chi connectivity index (χ0) is 15.5. The summed E-state index contributed by atoms with van der Waals surface area (Å²) in [6.45, 7) is 1.27. The molecule has 0 aliphatic heterocycles. The predicted octanol–water partition coefficient (Wildman–Crippen LogP) is 0.818. The summed E-state index contributed by atoms with van der Waals surface area (Å²) in [5.74, 6) is -1.27. The Morgan fingerprint density at radius 1 is 1.50 bits per heavy atom. The van der Waals surface area contributed by atoms with Crippen LogP contribution in [0, 0.1) is 5.82 Å². The molecule has 0 fully saturated rings. The first-order valence-corrected chi connectivity index (χ1v) is 7.51. The highest BCUT2D eigenvalue weighted by atomic mass is 35.5. The Kier molecular flexibility index (Phi) is 5.32. The van der Waals surface area contributed by atoms with Gasteiger partial charge in [-0.2, -0.15) is 4.31 Å². The molecular formula is C11H15ClFN3O3S. The lowest BCUT2D eigenvalue weighted by atomic mass is 10.3. The smallest absolute Gasteiger partial charge is 0.245 e. The Hall–Kier alpha value is -1.38. The number of hydrogen-bond donors (Lipinski definition) is 2. The van der Waals surface area contributed by atoms with Crippen molar-refractivity contribution in [3.63, 3.8) is 0 Å². The third kappa shape index (κ3) is 3.38. The van der Waals surface area contributed by atoms with Gasteiger partial charge in [-0.15, -0.1) is 0 Å². The fraction of sp³-hybridized carbons (Fsp3) is 0.364. The fourth-order valence-corrected chi connectivity index (χ4v) is 3.42. The Morgan fingerprint density at radius 2 is 2.10 bits per heavy atom. The van der Waals surface area contributed by atoms with Gasteiger partial charge in [0, 0.05) is 13.6 Å². The number of amides is 1. The molecule has 0 aliphatic rings. The number of hydrogen-bond acceptors (Lipinski definition) is 4. The maximum Gasteiger partial charge on any atom is 0.245 e. The molecule has 0 bridgehead atoms. The number of nitrogens with two attached hydrogens (primary N) is 1. The van der Waals surface area contributed by atoms with Crippen LogP contribution >= 0.6 is 11.6 Å². The normalized spacial score (nSPS) is 11.7. The van der Waals surface area contributed by atoms with Crippen molar-refractivity contribution in [2.24, 2.45) is 0 Å². The lowest BCUT2D eigenvalue weighted by molar-refractivity contribution is -0.120. The van der Waals surface area contributed by atoms with Crippen molar-refractivity contribution in [2.75, 3.05) is 25.9 Å². The summed E-state index contributed by atoms with van der Waals surface area (Å²) >= 11 is 5.76. The van der Waals surface area contributed by atoms with Gasteiger partial charge in [-0.3, -0.25) is 4.79 Å². The monoisotopic (exact) mass is 323 g/mol. The van der Waals surface area contributed by atoms with E-state index in [0.717, 1.165) is 16.4 Å². The number of benzene rings is 1. The van der Waals surface area contributed by atoms with Crippen LogP contribution < -0.4 is 11.1 Å². The van der Waals surface area contributed by atoms with Gasteiger partial charge in [0.05, 0.1) is 17.3 Å². The number of carbonyl (C=O) groups is 1. The van der Waals surface area contributed by atoms with E-state index in [1.807, 2.05) is 0 Å². The number of rotatable bonds is 5. The SMILES string of the molecule is CCN(CC(=O)NC)S(=O)(=O)c1cc(N)c(F)cc1Cl. The maximum absolute atomic E-state index is 13.2. The zero-order valence-electron chi connectivity index (χ0n) is 11.0. The molecule has 9 heteroatoms.